The molecule has 0 bridgehead atoms. The zero-order chi connectivity index (χ0) is 21.9. The molecule has 2 fully saturated rings. The summed E-state index contributed by atoms with van der Waals surface area (Å²) in [6.45, 7) is 13.9. The van der Waals surface area contributed by atoms with Crippen LogP contribution in [0.5, 0.6) is 0 Å². The predicted molar refractivity (Wildman–Crippen MR) is 113 cm³/mol. The molecule has 6 nitrogen and oxygen atoms in total. The topological polar surface area (TPSA) is 71.1 Å². The number of fused-ring (bicyclic) bond motifs is 1. The number of allylic oxidation sites excluding steroid dienone is 1. The van der Waals surface area contributed by atoms with E-state index in [1.54, 1.807) is 13.8 Å². The molecule has 7 heteroatoms. The Labute approximate surface area is 182 Å². The maximum Gasteiger partial charge on any atom is 0.324 e. The molecule has 0 aromatic carbocycles. The maximum absolute atomic E-state index is 13.0. The lowest BCUT2D eigenvalue weighted by atomic mass is 9.63. The first-order chi connectivity index (χ1) is 13.5. The first kappa shape index (κ1) is 24.4. The number of rotatable bonds is 8. The summed E-state index contributed by atoms with van der Waals surface area (Å²) < 4.78 is 23.8. The van der Waals surface area contributed by atoms with Crippen molar-refractivity contribution >= 4 is 27.9 Å². The van der Waals surface area contributed by atoms with Gasteiger partial charge in [-0.15, -0.1) is 0 Å². The van der Waals surface area contributed by atoms with Crippen LogP contribution in [0.1, 0.15) is 73.1 Å². The van der Waals surface area contributed by atoms with Gasteiger partial charge in [-0.25, -0.2) is 0 Å². The van der Waals surface area contributed by atoms with Gasteiger partial charge in [0, 0.05) is 18.3 Å². The smallest absolute Gasteiger partial charge is 0.324 e. The number of hydrogen-bond donors (Lipinski definition) is 0. The van der Waals surface area contributed by atoms with Gasteiger partial charge in [-0.2, -0.15) is 0 Å². The molecule has 1 heterocycles. The Bertz CT molecular complexity index is 613. The number of ether oxygens (including phenoxy) is 4. The van der Waals surface area contributed by atoms with Crippen LogP contribution in [0.4, 0.5) is 0 Å². The van der Waals surface area contributed by atoms with E-state index in [4.69, 9.17) is 18.9 Å². The lowest BCUT2D eigenvalue weighted by molar-refractivity contribution is -0.343. The van der Waals surface area contributed by atoms with E-state index in [1.807, 2.05) is 0 Å². The molecule has 0 aromatic rings. The van der Waals surface area contributed by atoms with Gasteiger partial charge in [0.05, 0.1) is 24.9 Å². The van der Waals surface area contributed by atoms with E-state index in [9.17, 15) is 9.59 Å². The molecular formula is C22H35BrO6. The number of esters is 2. The van der Waals surface area contributed by atoms with Gasteiger partial charge < -0.3 is 18.9 Å². The first-order valence-corrected chi connectivity index (χ1v) is 11.3. The summed E-state index contributed by atoms with van der Waals surface area (Å²) in [4.78, 5) is 26.0. The number of carbonyl (C=O) groups is 2. The fourth-order valence-electron chi connectivity index (χ4n) is 4.59. The van der Waals surface area contributed by atoms with E-state index in [-0.39, 0.29) is 37.6 Å². The molecule has 1 aliphatic heterocycles. The summed E-state index contributed by atoms with van der Waals surface area (Å²) in [7, 11) is 0. The highest BCUT2D eigenvalue weighted by Gasteiger charge is 2.58. The lowest BCUT2D eigenvalue weighted by Crippen LogP contribution is -2.61. The molecule has 2 aliphatic rings. The monoisotopic (exact) mass is 474 g/mol. The zero-order valence-corrected chi connectivity index (χ0v) is 19.9. The van der Waals surface area contributed by atoms with Crippen molar-refractivity contribution in [3.05, 3.63) is 11.1 Å². The van der Waals surface area contributed by atoms with Gasteiger partial charge in [-0.05, 0) is 45.0 Å². The van der Waals surface area contributed by atoms with Crippen molar-refractivity contribution in [2.24, 2.45) is 10.8 Å². The average molecular weight is 475 g/mol. The van der Waals surface area contributed by atoms with Crippen molar-refractivity contribution in [2.75, 3.05) is 13.2 Å². The van der Waals surface area contributed by atoms with E-state index in [0.717, 1.165) is 25.7 Å². The first-order valence-electron chi connectivity index (χ1n) is 10.5. The van der Waals surface area contributed by atoms with Crippen molar-refractivity contribution < 1.29 is 28.5 Å². The van der Waals surface area contributed by atoms with E-state index in [2.05, 4.69) is 43.3 Å². The Balaban J connectivity index is 2.37. The van der Waals surface area contributed by atoms with E-state index < -0.39 is 29.2 Å². The van der Waals surface area contributed by atoms with Crippen LogP contribution in [0.3, 0.4) is 0 Å². The molecule has 3 atom stereocenters. The third-order valence-corrected chi connectivity index (χ3v) is 6.86. The summed E-state index contributed by atoms with van der Waals surface area (Å²) in [6, 6.07) is 0. The largest absolute Gasteiger partial charge is 0.465 e. The summed E-state index contributed by atoms with van der Waals surface area (Å²) >= 11 is 3.31. The fraction of sp³-hybridized carbons (Fsp3) is 0.818. The van der Waals surface area contributed by atoms with E-state index >= 15 is 0 Å². The molecule has 29 heavy (non-hydrogen) atoms. The molecule has 0 N–H and O–H groups in total. The zero-order valence-electron chi connectivity index (χ0n) is 18.3. The number of halogens is 1. The Morgan fingerprint density at radius 3 is 2.24 bits per heavy atom. The van der Waals surface area contributed by atoms with Crippen LogP contribution in [0.15, 0.2) is 11.1 Å². The molecule has 0 aromatic heterocycles. The van der Waals surface area contributed by atoms with E-state index in [1.165, 1.54) is 0 Å². The standard InChI is InChI=1S/C22H35BrO6/c1-7-26-18(24)22(13-15(3)23,19(25)27-8-2)14-17-28-16-11-9-10-12-21(16,6)20(4,5)29-17/h16-17H,3,7-14H2,1-2,4-6H3/t16-,17-,21-/m1/s1. The Kier molecular flexibility index (Phi) is 7.96. The SMILES string of the molecule is C=C(Br)CC(C[C@@H]1O[C@@H]2CCCC[C@@]2(C)C(C)(C)O1)(C(=O)OCC)C(=O)OCC. The van der Waals surface area contributed by atoms with Crippen molar-refractivity contribution in [2.45, 2.75) is 91.1 Å². The fourth-order valence-corrected chi connectivity index (χ4v) is 5.07. The summed E-state index contributed by atoms with van der Waals surface area (Å²) in [5.41, 5.74) is -2.14. The van der Waals surface area contributed by atoms with Crippen molar-refractivity contribution in [3.63, 3.8) is 0 Å². The summed E-state index contributed by atoms with van der Waals surface area (Å²) in [5.74, 6) is -1.28. The van der Waals surface area contributed by atoms with Gasteiger partial charge in [0.15, 0.2) is 11.7 Å². The maximum atomic E-state index is 13.0. The second-order valence-electron chi connectivity index (χ2n) is 8.77. The Hall–Kier alpha value is -0.920. The molecule has 166 valence electrons. The lowest BCUT2D eigenvalue weighted by Gasteiger charge is -2.57. The minimum atomic E-state index is -1.57. The molecule has 0 amide bonds. The minimum Gasteiger partial charge on any atom is -0.465 e. The Morgan fingerprint density at radius 2 is 1.72 bits per heavy atom. The highest BCUT2D eigenvalue weighted by atomic mass is 79.9. The number of hydrogen-bond acceptors (Lipinski definition) is 6. The van der Waals surface area contributed by atoms with Crippen molar-refractivity contribution in [1.29, 1.82) is 0 Å². The average Bonchev–Trinajstić information content (AvgIpc) is 2.61. The molecule has 1 saturated heterocycles. The van der Waals surface area contributed by atoms with Crippen LogP contribution in [0.2, 0.25) is 0 Å². The second kappa shape index (κ2) is 9.48. The third kappa shape index (κ3) is 4.88. The highest BCUT2D eigenvalue weighted by molar-refractivity contribution is 9.11. The highest BCUT2D eigenvalue weighted by Crippen LogP contribution is 2.53. The van der Waals surface area contributed by atoms with Crippen molar-refractivity contribution in [3.8, 4) is 0 Å². The van der Waals surface area contributed by atoms with Crippen molar-refractivity contribution in [1.82, 2.24) is 0 Å². The molecule has 2 rings (SSSR count). The van der Waals surface area contributed by atoms with Gasteiger partial charge in [-0.3, -0.25) is 9.59 Å². The van der Waals surface area contributed by atoms with Gasteiger partial charge in [0.25, 0.3) is 0 Å². The Morgan fingerprint density at radius 1 is 1.14 bits per heavy atom. The molecule has 1 aliphatic carbocycles. The van der Waals surface area contributed by atoms with Gasteiger partial charge in [0.1, 0.15) is 0 Å². The molecule has 0 radical (unpaired) electrons. The van der Waals surface area contributed by atoms with Gasteiger partial charge in [0.2, 0.25) is 0 Å². The van der Waals surface area contributed by atoms with Crippen LogP contribution >= 0.6 is 15.9 Å². The minimum absolute atomic E-state index is 0.0132. The molecule has 0 spiro atoms. The third-order valence-electron chi connectivity index (χ3n) is 6.58. The van der Waals surface area contributed by atoms with Crippen LogP contribution in [0.25, 0.3) is 0 Å². The van der Waals surface area contributed by atoms with Gasteiger partial charge >= 0.3 is 11.9 Å². The van der Waals surface area contributed by atoms with Crippen LogP contribution in [-0.4, -0.2) is 43.1 Å². The number of carbonyl (C=O) groups excluding carboxylic acids is 2. The predicted octanol–water partition coefficient (Wildman–Crippen LogP) is 4.89. The van der Waals surface area contributed by atoms with E-state index in [0.29, 0.717) is 4.48 Å². The van der Waals surface area contributed by atoms with Crippen LogP contribution in [0, 0.1) is 10.8 Å². The normalized spacial score (nSPS) is 28.9. The molecule has 0 unspecified atom stereocenters. The molecular weight excluding hydrogens is 440 g/mol. The van der Waals surface area contributed by atoms with Gasteiger partial charge in [-0.1, -0.05) is 42.3 Å². The second-order valence-corrected chi connectivity index (χ2v) is 9.89. The summed E-state index contributed by atoms with van der Waals surface area (Å²) in [5, 5.41) is 0. The summed E-state index contributed by atoms with van der Waals surface area (Å²) in [6.07, 6.45) is 3.57. The molecule has 1 saturated carbocycles. The van der Waals surface area contributed by atoms with Crippen LogP contribution in [-0.2, 0) is 28.5 Å². The quantitative estimate of drug-likeness (QED) is 0.368. The van der Waals surface area contributed by atoms with Crippen LogP contribution < -0.4 is 0 Å².